The number of ether oxygens (including phenoxy) is 2. The molecule has 116 valence electrons. The quantitative estimate of drug-likeness (QED) is 0.693. The molecule has 0 spiro atoms. The Hall–Kier alpha value is -1.79. The van der Waals surface area contributed by atoms with Gasteiger partial charge in [-0.1, -0.05) is 19.9 Å². The van der Waals surface area contributed by atoms with Gasteiger partial charge < -0.3 is 25.2 Å². The van der Waals surface area contributed by atoms with Crippen molar-refractivity contribution in [2.75, 3.05) is 26.4 Å². The minimum absolute atomic E-state index is 0.0680. The molecule has 0 saturated carbocycles. The summed E-state index contributed by atoms with van der Waals surface area (Å²) in [4.78, 5) is 11.5. The molecule has 0 fully saturated rings. The van der Waals surface area contributed by atoms with Crippen molar-refractivity contribution in [3.63, 3.8) is 0 Å². The van der Waals surface area contributed by atoms with Gasteiger partial charge >= 0.3 is 0 Å². The molecule has 1 aromatic carbocycles. The van der Waals surface area contributed by atoms with Crippen LogP contribution in [-0.4, -0.2) is 37.4 Å². The third-order valence-corrected chi connectivity index (χ3v) is 3.11. The van der Waals surface area contributed by atoms with Crippen LogP contribution in [0, 0.1) is 5.92 Å². The molecule has 1 aromatic rings. The maximum atomic E-state index is 11.5. The van der Waals surface area contributed by atoms with Crippen molar-refractivity contribution in [3.05, 3.63) is 23.8 Å². The van der Waals surface area contributed by atoms with Crippen LogP contribution in [0.25, 0.3) is 0 Å². The zero-order valence-corrected chi connectivity index (χ0v) is 12.4. The molecule has 2 rings (SSSR count). The van der Waals surface area contributed by atoms with E-state index in [0.717, 1.165) is 5.56 Å². The first kappa shape index (κ1) is 15.6. The number of aliphatic hydroxyl groups excluding tert-OH is 1. The van der Waals surface area contributed by atoms with E-state index in [1.54, 1.807) is 18.2 Å². The van der Waals surface area contributed by atoms with Crippen LogP contribution in [0.2, 0.25) is 0 Å². The van der Waals surface area contributed by atoms with Gasteiger partial charge in [0.15, 0.2) is 11.5 Å². The molecule has 1 atom stereocenters. The average Bonchev–Trinajstić information content (AvgIpc) is 2.92. The molecule has 1 aliphatic heterocycles. The summed E-state index contributed by atoms with van der Waals surface area (Å²) in [7, 11) is 0. The zero-order chi connectivity index (χ0) is 15.2. The lowest BCUT2D eigenvalue weighted by molar-refractivity contribution is -0.120. The number of amides is 1. The monoisotopic (exact) mass is 294 g/mol. The number of nitrogens with one attached hydrogen (secondary N) is 2. The zero-order valence-electron chi connectivity index (χ0n) is 12.4. The Morgan fingerprint density at radius 1 is 1.29 bits per heavy atom. The van der Waals surface area contributed by atoms with E-state index in [0.29, 0.717) is 30.5 Å². The second kappa shape index (κ2) is 7.28. The van der Waals surface area contributed by atoms with Crippen LogP contribution >= 0.6 is 0 Å². The summed E-state index contributed by atoms with van der Waals surface area (Å²) < 4.78 is 10.5. The van der Waals surface area contributed by atoms with E-state index in [-0.39, 0.29) is 19.2 Å². The lowest BCUT2D eigenvalue weighted by atomic mass is 10.1. The van der Waals surface area contributed by atoms with Gasteiger partial charge in [0.05, 0.1) is 12.6 Å². The molecular formula is C15H22N2O4. The van der Waals surface area contributed by atoms with Gasteiger partial charge in [0.1, 0.15) is 0 Å². The molecule has 1 heterocycles. The smallest absolute Gasteiger partial charge is 0.233 e. The number of carbonyl (C=O) groups excluding carboxylic acids is 1. The van der Waals surface area contributed by atoms with Crippen LogP contribution < -0.4 is 20.1 Å². The first-order chi connectivity index (χ1) is 10.1. The third-order valence-electron chi connectivity index (χ3n) is 3.11. The number of aliphatic hydroxyl groups is 1. The maximum absolute atomic E-state index is 11.5. The average molecular weight is 294 g/mol. The largest absolute Gasteiger partial charge is 0.454 e. The molecule has 6 nitrogen and oxygen atoms in total. The fraction of sp³-hybridized carbons (Fsp3) is 0.533. The standard InChI is InChI=1S/C15H22N2O4/c1-10(2)6-17-15(19)8-16-7-12(18)11-3-4-13-14(5-11)21-9-20-13/h3-5,10,12,16,18H,6-9H2,1-2H3,(H,17,19). The molecule has 0 aromatic heterocycles. The Bertz CT molecular complexity index is 491. The van der Waals surface area contributed by atoms with Gasteiger partial charge in [-0.2, -0.15) is 0 Å². The molecular weight excluding hydrogens is 272 g/mol. The number of rotatable bonds is 7. The van der Waals surface area contributed by atoms with Crippen molar-refractivity contribution in [2.24, 2.45) is 5.92 Å². The van der Waals surface area contributed by atoms with Gasteiger partial charge in [-0.3, -0.25) is 4.79 Å². The molecule has 0 saturated heterocycles. The number of hydrogen-bond donors (Lipinski definition) is 3. The van der Waals surface area contributed by atoms with Crippen molar-refractivity contribution in [1.29, 1.82) is 0 Å². The molecule has 6 heteroatoms. The lowest BCUT2D eigenvalue weighted by Gasteiger charge is -2.13. The fourth-order valence-corrected chi connectivity index (χ4v) is 1.94. The van der Waals surface area contributed by atoms with Crippen molar-refractivity contribution >= 4 is 5.91 Å². The van der Waals surface area contributed by atoms with Gasteiger partial charge in [0.25, 0.3) is 0 Å². The van der Waals surface area contributed by atoms with Gasteiger partial charge in [0, 0.05) is 13.1 Å². The van der Waals surface area contributed by atoms with Gasteiger partial charge in [-0.15, -0.1) is 0 Å². The van der Waals surface area contributed by atoms with Crippen LogP contribution in [0.5, 0.6) is 11.5 Å². The Morgan fingerprint density at radius 2 is 2.05 bits per heavy atom. The second-order valence-corrected chi connectivity index (χ2v) is 5.46. The molecule has 0 aliphatic carbocycles. The summed E-state index contributed by atoms with van der Waals surface area (Å²) in [6, 6.07) is 5.32. The first-order valence-corrected chi connectivity index (χ1v) is 7.11. The van der Waals surface area contributed by atoms with E-state index in [1.807, 2.05) is 13.8 Å². The minimum atomic E-state index is -0.697. The molecule has 0 bridgehead atoms. The van der Waals surface area contributed by atoms with Gasteiger partial charge in [-0.05, 0) is 23.6 Å². The van der Waals surface area contributed by atoms with Crippen molar-refractivity contribution < 1.29 is 19.4 Å². The second-order valence-electron chi connectivity index (χ2n) is 5.46. The van der Waals surface area contributed by atoms with E-state index in [1.165, 1.54) is 0 Å². The number of benzene rings is 1. The Kier molecular flexibility index (Phi) is 5.41. The van der Waals surface area contributed by atoms with Gasteiger partial charge in [0.2, 0.25) is 12.7 Å². The van der Waals surface area contributed by atoms with Gasteiger partial charge in [-0.25, -0.2) is 0 Å². The van der Waals surface area contributed by atoms with E-state index in [4.69, 9.17) is 9.47 Å². The van der Waals surface area contributed by atoms with Crippen molar-refractivity contribution in [1.82, 2.24) is 10.6 Å². The molecule has 1 amide bonds. The SMILES string of the molecule is CC(C)CNC(=O)CNCC(O)c1ccc2c(c1)OCO2. The lowest BCUT2D eigenvalue weighted by Crippen LogP contribution is -2.37. The Balaban J connectivity index is 1.74. The summed E-state index contributed by atoms with van der Waals surface area (Å²) in [5, 5.41) is 15.8. The van der Waals surface area contributed by atoms with E-state index in [2.05, 4.69) is 10.6 Å². The summed E-state index contributed by atoms with van der Waals surface area (Å²) >= 11 is 0. The maximum Gasteiger partial charge on any atom is 0.233 e. The normalized spacial score (nSPS) is 14.3. The summed E-state index contributed by atoms with van der Waals surface area (Å²) in [6.07, 6.45) is -0.697. The molecule has 1 unspecified atom stereocenters. The summed E-state index contributed by atoms with van der Waals surface area (Å²) in [5.41, 5.74) is 0.731. The van der Waals surface area contributed by atoms with E-state index in [9.17, 15) is 9.90 Å². The fourth-order valence-electron chi connectivity index (χ4n) is 1.94. The minimum Gasteiger partial charge on any atom is -0.454 e. The van der Waals surface area contributed by atoms with E-state index < -0.39 is 6.10 Å². The number of hydrogen-bond acceptors (Lipinski definition) is 5. The van der Waals surface area contributed by atoms with Crippen LogP contribution in [-0.2, 0) is 4.79 Å². The highest BCUT2D eigenvalue weighted by molar-refractivity contribution is 5.77. The molecule has 1 aliphatic rings. The third kappa shape index (κ3) is 4.61. The van der Waals surface area contributed by atoms with Crippen LogP contribution in [0.3, 0.4) is 0 Å². The predicted octanol–water partition coefficient (Wildman–Crippen LogP) is 0.811. The van der Waals surface area contributed by atoms with Crippen LogP contribution in [0.1, 0.15) is 25.5 Å². The Morgan fingerprint density at radius 3 is 2.81 bits per heavy atom. The van der Waals surface area contributed by atoms with E-state index >= 15 is 0 Å². The number of carbonyl (C=O) groups is 1. The van der Waals surface area contributed by atoms with Crippen molar-refractivity contribution in [2.45, 2.75) is 20.0 Å². The molecule has 0 radical (unpaired) electrons. The van der Waals surface area contributed by atoms with Crippen LogP contribution in [0.4, 0.5) is 0 Å². The number of fused-ring (bicyclic) bond motifs is 1. The highest BCUT2D eigenvalue weighted by atomic mass is 16.7. The highest BCUT2D eigenvalue weighted by Gasteiger charge is 2.16. The first-order valence-electron chi connectivity index (χ1n) is 7.11. The topological polar surface area (TPSA) is 79.8 Å². The summed E-state index contributed by atoms with van der Waals surface area (Å²) in [6.45, 7) is 5.44. The molecule has 21 heavy (non-hydrogen) atoms. The highest BCUT2D eigenvalue weighted by Crippen LogP contribution is 2.33. The summed E-state index contributed by atoms with van der Waals surface area (Å²) in [5.74, 6) is 1.68. The Labute approximate surface area is 124 Å². The van der Waals surface area contributed by atoms with Crippen LogP contribution in [0.15, 0.2) is 18.2 Å². The molecule has 3 N–H and O–H groups in total. The predicted molar refractivity (Wildman–Crippen MR) is 78.2 cm³/mol. The van der Waals surface area contributed by atoms with Crippen molar-refractivity contribution in [3.8, 4) is 11.5 Å².